The summed E-state index contributed by atoms with van der Waals surface area (Å²) in [6.07, 6.45) is 1.10. The van der Waals surface area contributed by atoms with Crippen LogP contribution in [0.4, 0.5) is 0 Å². The average molecular weight is 313 g/mol. The number of nitrogens with two attached hydrogens (primary N) is 1. The Hall–Kier alpha value is -0.380. The number of aryl methyl sites for hydroxylation is 1. The summed E-state index contributed by atoms with van der Waals surface area (Å²) in [6.45, 7) is 9.48. The van der Waals surface area contributed by atoms with Gasteiger partial charge in [0, 0.05) is 22.6 Å². The van der Waals surface area contributed by atoms with Gasteiger partial charge < -0.3 is 5.73 Å². The quantitative estimate of drug-likeness (QED) is 0.894. The van der Waals surface area contributed by atoms with Gasteiger partial charge in [-0.2, -0.15) is 0 Å². The van der Waals surface area contributed by atoms with E-state index in [1.165, 1.54) is 11.1 Å². The fourth-order valence-corrected chi connectivity index (χ4v) is 2.40. The van der Waals surface area contributed by atoms with E-state index in [4.69, 9.17) is 5.73 Å². The van der Waals surface area contributed by atoms with Crippen molar-refractivity contribution in [2.45, 2.75) is 45.7 Å². The van der Waals surface area contributed by atoms with Crippen LogP contribution >= 0.6 is 15.9 Å². The first-order chi connectivity index (χ1) is 8.33. The lowest BCUT2D eigenvalue weighted by atomic mass is 9.94. The van der Waals surface area contributed by atoms with Gasteiger partial charge in [-0.1, -0.05) is 35.0 Å². The van der Waals surface area contributed by atoms with Gasteiger partial charge in [0.2, 0.25) is 0 Å². The van der Waals surface area contributed by atoms with Crippen LogP contribution < -0.4 is 5.73 Å². The van der Waals surface area contributed by atoms with Crippen molar-refractivity contribution in [3.05, 3.63) is 33.8 Å². The van der Waals surface area contributed by atoms with Crippen LogP contribution in [-0.4, -0.2) is 24.0 Å². The highest BCUT2D eigenvalue weighted by molar-refractivity contribution is 9.10. The van der Waals surface area contributed by atoms with E-state index in [9.17, 15) is 0 Å². The Morgan fingerprint density at radius 2 is 2.00 bits per heavy atom. The summed E-state index contributed by atoms with van der Waals surface area (Å²) in [5.74, 6) is 0. The third-order valence-corrected chi connectivity index (χ3v) is 4.95. The van der Waals surface area contributed by atoms with Gasteiger partial charge in [-0.15, -0.1) is 0 Å². The van der Waals surface area contributed by atoms with Crippen molar-refractivity contribution in [1.82, 2.24) is 4.90 Å². The van der Waals surface area contributed by atoms with Crippen molar-refractivity contribution in [2.24, 2.45) is 5.73 Å². The summed E-state index contributed by atoms with van der Waals surface area (Å²) in [5.41, 5.74) is 8.68. The van der Waals surface area contributed by atoms with Crippen LogP contribution in [0.2, 0.25) is 0 Å². The summed E-state index contributed by atoms with van der Waals surface area (Å²) in [4.78, 5) is 2.38. The van der Waals surface area contributed by atoms with Gasteiger partial charge in [0.05, 0.1) is 0 Å². The molecule has 3 heteroatoms. The molecule has 0 spiro atoms. The van der Waals surface area contributed by atoms with E-state index in [-0.39, 0.29) is 11.6 Å². The first kappa shape index (κ1) is 15.7. The minimum absolute atomic E-state index is 0.154. The second-order valence-electron chi connectivity index (χ2n) is 5.54. The van der Waals surface area contributed by atoms with E-state index in [0.29, 0.717) is 6.54 Å². The second kappa shape index (κ2) is 6.18. The van der Waals surface area contributed by atoms with Gasteiger partial charge >= 0.3 is 0 Å². The number of hydrogen-bond acceptors (Lipinski definition) is 2. The molecule has 1 aromatic rings. The van der Waals surface area contributed by atoms with Crippen molar-refractivity contribution in [3.8, 4) is 0 Å². The Morgan fingerprint density at radius 3 is 2.44 bits per heavy atom. The molecule has 2 N–H and O–H groups in total. The molecular formula is C15H25BrN2. The maximum Gasteiger partial charge on any atom is 0.0473 e. The van der Waals surface area contributed by atoms with Crippen LogP contribution in [0.1, 0.15) is 44.4 Å². The Bertz CT molecular complexity index is 401. The van der Waals surface area contributed by atoms with Gasteiger partial charge in [0.1, 0.15) is 0 Å². The van der Waals surface area contributed by atoms with Crippen LogP contribution in [0, 0.1) is 6.92 Å². The maximum atomic E-state index is 5.99. The number of rotatable bonds is 5. The van der Waals surface area contributed by atoms with Gasteiger partial charge in [-0.3, -0.25) is 4.90 Å². The summed E-state index contributed by atoms with van der Waals surface area (Å²) in [5, 5.41) is 0. The first-order valence-electron chi connectivity index (χ1n) is 6.52. The molecule has 1 rings (SSSR count). The fourth-order valence-electron chi connectivity index (χ4n) is 2.01. The van der Waals surface area contributed by atoms with Crippen LogP contribution in [-0.2, 0) is 0 Å². The number of halogens is 1. The molecule has 102 valence electrons. The smallest absolute Gasteiger partial charge is 0.0473 e. The number of likely N-dealkylation sites (N-methyl/N-ethyl adjacent to an activating group) is 1. The second-order valence-corrected chi connectivity index (χ2v) is 6.39. The lowest BCUT2D eigenvalue weighted by molar-refractivity contribution is 0.100. The first-order valence-corrected chi connectivity index (χ1v) is 7.31. The van der Waals surface area contributed by atoms with Crippen molar-refractivity contribution in [2.75, 3.05) is 13.6 Å². The molecule has 0 radical (unpaired) electrons. The highest BCUT2D eigenvalue weighted by Gasteiger charge is 2.28. The van der Waals surface area contributed by atoms with E-state index in [0.717, 1.165) is 10.9 Å². The molecule has 0 amide bonds. The normalized spacial score (nSPS) is 14.0. The van der Waals surface area contributed by atoms with Crippen molar-refractivity contribution >= 4 is 15.9 Å². The molecule has 1 unspecified atom stereocenters. The van der Waals surface area contributed by atoms with E-state index >= 15 is 0 Å². The fraction of sp³-hybridized carbons (Fsp3) is 0.600. The largest absolute Gasteiger partial charge is 0.329 e. The zero-order valence-electron chi connectivity index (χ0n) is 12.1. The van der Waals surface area contributed by atoms with E-state index in [1.807, 2.05) is 0 Å². The maximum absolute atomic E-state index is 5.99. The van der Waals surface area contributed by atoms with Gasteiger partial charge in [0.25, 0.3) is 0 Å². The van der Waals surface area contributed by atoms with Crippen molar-refractivity contribution in [1.29, 1.82) is 0 Å². The molecule has 0 aliphatic carbocycles. The molecular weight excluding hydrogens is 288 g/mol. The molecule has 1 atom stereocenters. The standard InChI is InChI=1S/C15H25BrN2/c1-6-15(3,4)18(5)14(10-17)12-8-7-11(2)13(16)9-12/h7-9,14H,6,10,17H2,1-5H3. The SMILES string of the molecule is CCC(C)(C)N(C)C(CN)c1ccc(C)c(Br)c1. The third-order valence-electron chi connectivity index (χ3n) is 4.09. The molecule has 0 aliphatic rings. The molecule has 18 heavy (non-hydrogen) atoms. The zero-order valence-corrected chi connectivity index (χ0v) is 13.7. The minimum Gasteiger partial charge on any atom is -0.329 e. The molecule has 0 bridgehead atoms. The van der Waals surface area contributed by atoms with Gasteiger partial charge in [-0.05, 0) is 51.4 Å². The van der Waals surface area contributed by atoms with E-state index < -0.39 is 0 Å². The zero-order chi connectivity index (χ0) is 13.9. The molecule has 0 aliphatic heterocycles. The van der Waals surface area contributed by atoms with Crippen molar-refractivity contribution < 1.29 is 0 Å². The van der Waals surface area contributed by atoms with Crippen molar-refractivity contribution in [3.63, 3.8) is 0 Å². The summed E-state index contributed by atoms with van der Waals surface area (Å²) < 4.78 is 1.15. The van der Waals surface area contributed by atoms with Crippen LogP contribution in [0.3, 0.4) is 0 Å². The summed E-state index contributed by atoms with van der Waals surface area (Å²) >= 11 is 3.60. The molecule has 0 saturated carbocycles. The molecule has 0 heterocycles. The highest BCUT2D eigenvalue weighted by Crippen LogP contribution is 2.30. The molecule has 0 fully saturated rings. The Kier molecular flexibility index (Phi) is 5.38. The lowest BCUT2D eigenvalue weighted by Gasteiger charge is -2.40. The Balaban J connectivity index is 3.06. The summed E-state index contributed by atoms with van der Waals surface area (Å²) in [7, 11) is 2.16. The predicted molar refractivity (Wildman–Crippen MR) is 82.8 cm³/mol. The Morgan fingerprint density at radius 1 is 1.39 bits per heavy atom. The molecule has 1 aromatic carbocycles. The van der Waals surface area contributed by atoms with E-state index in [2.05, 4.69) is 73.8 Å². The number of nitrogens with zero attached hydrogens (tertiary/aromatic N) is 1. The number of benzene rings is 1. The van der Waals surface area contributed by atoms with Gasteiger partial charge in [0.15, 0.2) is 0 Å². The van der Waals surface area contributed by atoms with Crippen LogP contribution in [0.5, 0.6) is 0 Å². The predicted octanol–water partition coefficient (Wildman–Crippen LogP) is 3.88. The summed E-state index contributed by atoms with van der Waals surface area (Å²) in [6, 6.07) is 6.78. The van der Waals surface area contributed by atoms with Crippen LogP contribution in [0.15, 0.2) is 22.7 Å². The number of hydrogen-bond donors (Lipinski definition) is 1. The van der Waals surface area contributed by atoms with E-state index in [1.54, 1.807) is 0 Å². The Labute approximate surface area is 120 Å². The van der Waals surface area contributed by atoms with Gasteiger partial charge in [-0.25, -0.2) is 0 Å². The minimum atomic E-state index is 0.154. The topological polar surface area (TPSA) is 29.3 Å². The highest BCUT2D eigenvalue weighted by atomic mass is 79.9. The third kappa shape index (κ3) is 3.34. The molecule has 0 saturated heterocycles. The molecule has 2 nitrogen and oxygen atoms in total. The monoisotopic (exact) mass is 312 g/mol. The lowest BCUT2D eigenvalue weighted by Crippen LogP contribution is -2.45. The molecule has 0 aromatic heterocycles. The average Bonchev–Trinajstić information content (AvgIpc) is 2.34. The van der Waals surface area contributed by atoms with Crippen LogP contribution in [0.25, 0.3) is 0 Å².